The molecular formula is C12H14ClNO3S. The highest BCUT2D eigenvalue weighted by atomic mass is 35.5. The molecule has 0 saturated carbocycles. The number of hydrogen-bond donors (Lipinski definition) is 1. The molecule has 0 fully saturated rings. The Hall–Kier alpha value is -0.750. The van der Waals surface area contributed by atoms with Crippen LogP contribution in [0, 0.1) is 6.92 Å². The molecule has 1 aromatic carbocycles. The van der Waals surface area contributed by atoms with E-state index < -0.39 is 0 Å². The van der Waals surface area contributed by atoms with Gasteiger partial charge in [-0.25, -0.2) is 4.98 Å². The van der Waals surface area contributed by atoms with Crippen LogP contribution in [0.2, 0.25) is 5.02 Å². The van der Waals surface area contributed by atoms with Gasteiger partial charge in [-0.3, -0.25) is 0 Å². The van der Waals surface area contributed by atoms with Gasteiger partial charge in [0, 0.05) is 10.8 Å². The Bertz CT molecular complexity index is 529. The number of oxazole rings is 1. The number of nitrogens with zero attached hydrogens (tertiary/aromatic N) is 1. The number of aliphatic hydroxyl groups excluding tert-OH is 1. The molecule has 0 unspecified atom stereocenters. The minimum atomic E-state index is 0.0469. The zero-order valence-corrected chi connectivity index (χ0v) is 11.6. The van der Waals surface area contributed by atoms with E-state index in [1.54, 1.807) is 6.07 Å². The lowest BCUT2D eigenvalue weighted by Gasteiger charge is -1.98. The summed E-state index contributed by atoms with van der Waals surface area (Å²) < 4.78 is 10.8. The van der Waals surface area contributed by atoms with Crippen LogP contribution in [0.25, 0.3) is 11.1 Å². The molecule has 0 amide bonds. The third-order valence-corrected chi connectivity index (χ3v) is 3.32. The third kappa shape index (κ3) is 3.38. The number of aliphatic hydroxyl groups is 1. The summed E-state index contributed by atoms with van der Waals surface area (Å²) in [6, 6.07) is 3.65. The van der Waals surface area contributed by atoms with Gasteiger partial charge in [-0.15, -0.1) is 0 Å². The fraction of sp³-hybridized carbons (Fsp3) is 0.417. The molecule has 0 radical (unpaired) electrons. The smallest absolute Gasteiger partial charge is 0.256 e. The summed E-state index contributed by atoms with van der Waals surface area (Å²) in [6.07, 6.45) is 0. The third-order valence-electron chi connectivity index (χ3n) is 2.31. The minimum absolute atomic E-state index is 0.0469. The molecule has 6 heteroatoms. The molecule has 2 rings (SSSR count). The van der Waals surface area contributed by atoms with E-state index in [1.807, 2.05) is 13.0 Å². The van der Waals surface area contributed by atoms with E-state index in [-0.39, 0.29) is 6.61 Å². The monoisotopic (exact) mass is 287 g/mol. The number of aryl methyl sites for hydroxylation is 1. The van der Waals surface area contributed by atoms with E-state index in [9.17, 15) is 0 Å². The fourth-order valence-corrected chi connectivity index (χ4v) is 2.50. The van der Waals surface area contributed by atoms with Gasteiger partial charge in [-0.1, -0.05) is 23.4 Å². The Morgan fingerprint density at radius 1 is 1.44 bits per heavy atom. The molecule has 18 heavy (non-hydrogen) atoms. The van der Waals surface area contributed by atoms with Gasteiger partial charge >= 0.3 is 0 Å². The van der Waals surface area contributed by atoms with Crippen molar-refractivity contribution in [1.82, 2.24) is 4.98 Å². The van der Waals surface area contributed by atoms with Gasteiger partial charge in [0.1, 0.15) is 5.52 Å². The van der Waals surface area contributed by atoms with Gasteiger partial charge in [-0.2, -0.15) is 0 Å². The molecule has 2 aromatic rings. The molecule has 98 valence electrons. The van der Waals surface area contributed by atoms with Crippen molar-refractivity contribution in [2.75, 3.05) is 25.6 Å². The van der Waals surface area contributed by atoms with E-state index >= 15 is 0 Å². The average molecular weight is 288 g/mol. The summed E-state index contributed by atoms with van der Waals surface area (Å²) >= 11 is 7.45. The van der Waals surface area contributed by atoms with E-state index in [0.717, 1.165) is 22.4 Å². The second-order valence-electron chi connectivity index (χ2n) is 3.74. The van der Waals surface area contributed by atoms with Crippen molar-refractivity contribution in [1.29, 1.82) is 0 Å². The second kappa shape index (κ2) is 6.43. The van der Waals surface area contributed by atoms with Crippen molar-refractivity contribution in [2.45, 2.75) is 12.1 Å². The van der Waals surface area contributed by atoms with Crippen LogP contribution in [0.15, 0.2) is 21.8 Å². The fourth-order valence-electron chi connectivity index (χ4n) is 1.55. The van der Waals surface area contributed by atoms with E-state index in [1.165, 1.54) is 11.8 Å². The Labute approximate surface area is 114 Å². The summed E-state index contributed by atoms with van der Waals surface area (Å²) in [7, 11) is 0. The highest BCUT2D eigenvalue weighted by Gasteiger charge is 2.09. The molecule has 0 aliphatic rings. The summed E-state index contributed by atoms with van der Waals surface area (Å²) in [5.41, 5.74) is 2.53. The number of hydrogen-bond acceptors (Lipinski definition) is 5. The van der Waals surface area contributed by atoms with Crippen molar-refractivity contribution in [3.63, 3.8) is 0 Å². The first-order valence-electron chi connectivity index (χ1n) is 5.59. The summed E-state index contributed by atoms with van der Waals surface area (Å²) in [5.74, 6) is 0.736. The number of thioether (sulfide) groups is 1. The lowest BCUT2D eigenvalue weighted by atomic mass is 10.2. The first-order valence-corrected chi connectivity index (χ1v) is 6.95. The van der Waals surface area contributed by atoms with Crippen molar-refractivity contribution < 1.29 is 14.3 Å². The highest BCUT2D eigenvalue weighted by Crippen LogP contribution is 2.28. The Morgan fingerprint density at radius 2 is 2.28 bits per heavy atom. The Kier molecular flexibility index (Phi) is 4.88. The zero-order valence-electron chi connectivity index (χ0n) is 9.98. The largest absolute Gasteiger partial charge is 0.431 e. The number of aromatic nitrogens is 1. The maximum atomic E-state index is 8.56. The molecule has 0 spiro atoms. The number of fused-ring (bicyclic) bond motifs is 1. The number of rotatable bonds is 6. The number of benzene rings is 1. The summed E-state index contributed by atoms with van der Waals surface area (Å²) in [6.45, 7) is 2.91. The van der Waals surface area contributed by atoms with E-state index in [4.69, 9.17) is 25.9 Å². The van der Waals surface area contributed by atoms with Crippen LogP contribution < -0.4 is 0 Å². The molecule has 0 bridgehead atoms. The molecule has 1 N–H and O–H groups in total. The highest BCUT2D eigenvalue weighted by molar-refractivity contribution is 7.99. The van der Waals surface area contributed by atoms with Crippen LogP contribution in [0.3, 0.4) is 0 Å². The van der Waals surface area contributed by atoms with E-state index in [2.05, 4.69) is 4.98 Å². The lowest BCUT2D eigenvalue weighted by molar-refractivity contribution is 0.103. The van der Waals surface area contributed by atoms with Crippen molar-refractivity contribution in [3.05, 3.63) is 22.7 Å². The van der Waals surface area contributed by atoms with Crippen LogP contribution >= 0.6 is 23.4 Å². The molecule has 0 aliphatic heterocycles. The summed E-state index contributed by atoms with van der Waals surface area (Å²) in [4.78, 5) is 4.36. The molecule has 1 aromatic heterocycles. The van der Waals surface area contributed by atoms with Gasteiger partial charge in [0.05, 0.1) is 19.8 Å². The standard InChI is InChI=1S/C12H14ClNO3S/c1-8-6-9(13)7-10-11(8)17-12(14-10)18-5-4-16-3-2-15/h6-7,15H,2-5H2,1H3. The summed E-state index contributed by atoms with van der Waals surface area (Å²) in [5, 5.41) is 9.84. The average Bonchev–Trinajstić information content (AvgIpc) is 2.72. The van der Waals surface area contributed by atoms with Gasteiger partial charge in [0.2, 0.25) is 0 Å². The molecule has 0 aliphatic carbocycles. The first-order chi connectivity index (χ1) is 8.70. The number of ether oxygens (including phenoxy) is 1. The second-order valence-corrected chi connectivity index (χ2v) is 5.22. The first kappa shape index (κ1) is 13.7. The molecule has 0 atom stereocenters. The van der Waals surface area contributed by atoms with Crippen molar-refractivity contribution in [3.8, 4) is 0 Å². The predicted octanol–water partition coefficient (Wildman–Crippen LogP) is 2.89. The molecule has 4 nitrogen and oxygen atoms in total. The maximum absolute atomic E-state index is 8.56. The normalized spacial score (nSPS) is 11.3. The minimum Gasteiger partial charge on any atom is -0.431 e. The Balaban J connectivity index is 2.00. The van der Waals surface area contributed by atoms with Gasteiger partial charge in [-0.05, 0) is 24.6 Å². The SMILES string of the molecule is Cc1cc(Cl)cc2nc(SCCOCCO)oc12. The molecule has 0 saturated heterocycles. The van der Waals surface area contributed by atoms with Crippen molar-refractivity contribution >= 4 is 34.5 Å². The van der Waals surface area contributed by atoms with Crippen molar-refractivity contribution in [2.24, 2.45) is 0 Å². The quantitative estimate of drug-likeness (QED) is 0.654. The molecular weight excluding hydrogens is 274 g/mol. The van der Waals surface area contributed by atoms with Crippen LogP contribution in [0.4, 0.5) is 0 Å². The van der Waals surface area contributed by atoms with Crippen LogP contribution in [-0.4, -0.2) is 35.7 Å². The van der Waals surface area contributed by atoms with E-state index in [0.29, 0.717) is 23.5 Å². The zero-order chi connectivity index (χ0) is 13.0. The number of halogens is 1. The van der Waals surface area contributed by atoms with Gasteiger partial charge in [0.15, 0.2) is 5.58 Å². The van der Waals surface area contributed by atoms with Gasteiger partial charge in [0.25, 0.3) is 5.22 Å². The predicted molar refractivity (Wildman–Crippen MR) is 72.4 cm³/mol. The maximum Gasteiger partial charge on any atom is 0.256 e. The Morgan fingerprint density at radius 3 is 3.06 bits per heavy atom. The lowest BCUT2D eigenvalue weighted by Crippen LogP contribution is -2.02. The van der Waals surface area contributed by atoms with Crippen LogP contribution in [0.5, 0.6) is 0 Å². The van der Waals surface area contributed by atoms with Crippen LogP contribution in [-0.2, 0) is 4.74 Å². The van der Waals surface area contributed by atoms with Gasteiger partial charge < -0.3 is 14.3 Å². The molecule has 1 heterocycles. The van der Waals surface area contributed by atoms with Crippen LogP contribution in [0.1, 0.15) is 5.56 Å². The topological polar surface area (TPSA) is 55.5 Å².